The third-order valence-corrected chi connectivity index (χ3v) is 5.30. The Kier molecular flexibility index (Phi) is 5.73. The molecule has 4 aromatic rings. The van der Waals surface area contributed by atoms with E-state index in [2.05, 4.69) is 37.1 Å². The fourth-order valence-corrected chi connectivity index (χ4v) is 3.55. The van der Waals surface area contributed by atoms with Crippen LogP contribution in [0.5, 0.6) is 0 Å². The zero-order chi connectivity index (χ0) is 20.9. The molecule has 0 saturated carbocycles. The lowest BCUT2D eigenvalue weighted by atomic mass is 10.1. The molecule has 6 heteroatoms. The summed E-state index contributed by atoms with van der Waals surface area (Å²) in [7, 11) is 0. The van der Waals surface area contributed by atoms with Crippen LogP contribution in [0.3, 0.4) is 0 Å². The number of nitrogens with zero attached hydrogens (tertiary/aromatic N) is 3. The van der Waals surface area contributed by atoms with Crippen molar-refractivity contribution in [3.63, 3.8) is 0 Å². The van der Waals surface area contributed by atoms with Crippen LogP contribution in [0.4, 0.5) is 0 Å². The molecule has 0 aliphatic rings. The van der Waals surface area contributed by atoms with Crippen LogP contribution in [0.2, 0.25) is 0 Å². The van der Waals surface area contributed by atoms with E-state index < -0.39 is 0 Å². The number of fused-ring (bicyclic) bond motifs is 1. The Morgan fingerprint density at radius 3 is 2.60 bits per heavy atom. The van der Waals surface area contributed by atoms with Gasteiger partial charge in [0, 0.05) is 39.2 Å². The van der Waals surface area contributed by atoms with Gasteiger partial charge in [0.2, 0.25) is 0 Å². The van der Waals surface area contributed by atoms with Gasteiger partial charge in [-0.05, 0) is 42.0 Å². The topological polar surface area (TPSA) is 70.2 Å². The van der Waals surface area contributed by atoms with Gasteiger partial charge in [-0.1, -0.05) is 52.3 Å². The summed E-state index contributed by atoms with van der Waals surface area (Å²) >= 11 is 3.35. The Hall–Kier alpha value is -3.69. The summed E-state index contributed by atoms with van der Waals surface area (Å²) in [5.74, 6) is -0.273. The number of aromatic nitrogens is 1. The van der Waals surface area contributed by atoms with Gasteiger partial charge in [0.25, 0.3) is 5.91 Å². The minimum Gasteiger partial charge on any atom is -0.342 e. The van der Waals surface area contributed by atoms with Crippen LogP contribution in [0, 0.1) is 11.3 Å². The molecule has 0 saturated heterocycles. The van der Waals surface area contributed by atoms with Gasteiger partial charge in [0.05, 0.1) is 17.8 Å². The first-order chi connectivity index (χ1) is 14.7. The summed E-state index contributed by atoms with van der Waals surface area (Å²) in [5.41, 5.74) is 6.63. The Labute approximate surface area is 182 Å². The molecule has 3 aromatic carbocycles. The quantitative estimate of drug-likeness (QED) is 0.335. The average Bonchev–Trinajstić information content (AvgIpc) is 3.12. The first-order valence-corrected chi connectivity index (χ1v) is 10.1. The van der Waals surface area contributed by atoms with E-state index in [9.17, 15) is 10.1 Å². The van der Waals surface area contributed by atoms with Gasteiger partial charge >= 0.3 is 0 Å². The number of rotatable bonds is 5. The summed E-state index contributed by atoms with van der Waals surface area (Å²) in [4.78, 5) is 12.3. The third kappa shape index (κ3) is 4.17. The van der Waals surface area contributed by atoms with Crippen LogP contribution in [0.25, 0.3) is 10.9 Å². The van der Waals surface area contributed by atoms with E-state index in [1.807, 2.05) is 66.9 Å². The van der Waals surface area contributed by atoms with Gasteiger partial charge in [-0.15, -0.1) is 0 Å². The molecule has 30 heavy (non-hydrogen) atoms. The largest absolute Gasteiger partial charge is 0.342 e. The number of nitriles is 1. The van der Waals surface area contributed by atoms with Crippen molar-refractivity contribution >= 4 is 39.0 Å². The number of amides is 1. The lowest BCUT2D eigenvalue weighted by molar-refractivity contribution is 0.0955. The fraction of sp³-hybridized carbons (Fsp3) is 0.0417. The molecule has 1 heterocycles. The van der Waals surface area contributed by atoms with Crippen LogP contribution in [-0.2, 0) is 6.54 Å². The molecule has 0 unspecified atom stereocenters. The first kappa shape index (κ1) is 19.6. The van der Waals surface area contributed by atoms with E-state index in [0.717, 1.165) is 26.5 Å². The maximum absolute atomic E-state index is 12.3. The average molecular weight is 457 g/mol. The number of carbonyl (C=O) groups excluding carboxylic acids is 1. The summed E-state index contributed by atoms with van der Waals surface area (Å²) in [6.07, 6.45) is 3.62. The van der Waals surface area contributed by atoms with Crippen LogP contribution >= 0.6 is 15.9 Å². The molecule has 0 radical (unpaired) electrons. The number of para-hydroxylation sites is 1. The van der Waals surface area contributed by atoms with E-state index in [4.69, 9.17) is 0 Å². The number of nitrogens with one attached hydrogen (secondary N) is 1. The highest BCUT2D eigenvalue weighted by Gasteiger charge is 2.09. The molecule has 0 spiro atoms. The molecule has 1 amide bonds. The van der Waals surface area contributed by atoms with Crippen molar-refractivity contribution < 1.29 is 4.79 Å². The van der Waals surface area contributed by atoms with Crippen LogP contribution in [-0.4, -0.2) is 16.7 Å². The molecule has 0 atom stereocenters. The summed E-state index contributed by atoms with van der Waals surface area (Å²) in [6, 6.07) is 24.9. The Morgan fingerprint density at radius 1 is 1.07 bits per heavy atom. The van der Waals surface area contributed by atoms with E-state index in [1.54, 1.807) is 18.3 Å². The number of hydrogen-bond acceptors (Lipinski definition) is 3. The van der Waals surface area contributed by atoms with E-state index in [-0.39, 0.29) is 5.91 Å². The zero-order valence-electron chi connectivity index (χ0n) is 15.9. The number of carbonyl (C=O) groups is 1. The fourth-order valence-electron chi connectivity index (χ4n) is 3.29. The van der Waals surface area contributed by atoms with Gasteiger partial charge in [-0.3, -0.25) is 4.79 Å². The molecule has 0 aliphatic heterocycles. The number of hydrazone groups is 1. The maximum atomic E-state index is 12.3. The Bertz CT molecular complexity index is 1280. The summed E-state index contributed by atoms with van der Waals surface area (Å²) < 4.78 is 3.00. The second kappa shape index (κ2) is 8.76. The molecule has 0 fully saturated rings. The van der Waals surface area contributed by atoms with Gasteiger partial charge < -0.3 is 4.57 Å². The molecular formula is C24H17BrN4O. The van der Waals surface area contributed by atoms with Crippen molar-refractivity contribution in [1.29, 1.82) is 5.26 Å². The van der Waals surface area contributed by atoms with Crippen molar-refractivity contribution in [2.45, 2.75) is 6.54 Å². The molecule has 4 rings (SSSR count). The molecular weight excluding hydrogens is 440 g/mol. The first-order valence-electron chi connectivity index (χ1n) is 9.30. The van der Waals surface area contributed by atoms with E-state index in [1.165, 1.54) is 0 Å². The zero-order valence-corrected chi connectivity index (χ0v) is 17.5. The maximum Gasteiger partial charge on any atom is 0.271 e. The van der Waals surface area contributed by atoms with Gasteiger partial charge in [-0.25, -0.2) is 5.43 Å². The van der Waals surface area contributed by atoms with Gasteiger partial charge in [0.1, 0.15) is 0 Å². The lowest BCUT2D eigenvalue weighted by Gasteiger charge is -2.07. The Balaban J connectivity index is 1.59. The summed E-state index contributed by atoms with van der Waals surface area (Å²) in [5, 5.41) is 14.5. The number of hydrogen-bond donors (Lipinski definition) is 1. The van der Waals surface area contributed by atoms with E-state index in [0.29, 0.717) is 17.7 Å². The van der Waals surface area contributed by atoms with Crippen molar-refractivity contribution in [3.05, 3.63) is 106 Å². The van der Waals surface area contributed by atoms with Gasteiger partial charge in [0.15, 0.2) is 0 Å². The minimum absolute atomic E-state index is 0.273. The standard InChI is InChI=1S/C24H17BrN4O/c25-21-11-9-17(10-12-21)24(30)28-27-14-20-16-29(23-8-4-3-7-22(20)23)15-19-6-2-1-5-18(19)13-26/h1-12,14,16H,15H2,(H,28,30). The SMILES string of the molecule is N#Cc1ccccc1Cn1cc(C=NNC(=O)c2ccc(Br)cc2)c2ccccc21. The molecule has 5 nitrogen and oxygen atoms in total. The smallest absolute Gasteiger partial charge is 0.271 e. The highest BCUT2D eigenvalue weighted by Crippen LogP contribution is 2.22. The van der Waals surface area contributed by atoms with Crippen LogP contribution < -0.4 is 5.43 Å². The molecule has 1 aromatic heterocycles. The summed E-state index contributed by atoms with van der Waals surface area (Å²) in [6.45, 7) is 0.573. The number of halogens is 1. The third-order valence-electron chi connectivity index (χ3n) is 4.77. The number of benzene rings is 3. The molecule has 0 aliphatic carbocycles. The second-order valence-corrected chi connectivity index (χ2v) is 7.62. The minimum atomic E-state index is -0.273. The molecule has 1 N–H and O–H groups in total. The monoisotopic (exact) mass is 456 g/mol. The van der Waals surface area contributed by atoms with Crippen molar-refractivity contribution in [2.75, 3.05) is 0 Å². The molecule has 0 bridgehead atoms. The van der Waals surface area contributed by atoms with E-state index >= 15 is 0 Å². The molecule has 146 valence electrons. The highest BCUT2D eigenvalue weighted by molar-refractivity contribution is 9.10. The van der Waals surface area contributed by atoms with Crippen molar-refractivity contribution in [3.8, 4) is 6.07 Å². The lowest BCUT2D eigenvalue weighted by Crippen LogP contribution is -2.17. The van der Waals surface area contributed by atoms with Gasteiger partial charge in [-0.2, -0.15) is 10.4 Å². The predicted octanol–water partition coefficient (Wildman–Crippen LogP) is 5.09. The van der Waals surface area contributed by atoms with Crippen molar-refractivity contribution in [1.82, 2.24) is 9.99 Å². The van der Waals surface area contributed by atoms with Crippen molar-refractivity contribution in [2.24, 2.45) is 5.10 Å². The normalized spacial score (nSPS) is 10.9. The highest BCUT2D eigenvalue weighted by atomic mass is 79.9. The predicted molar refractivity (Wildman–Crippen MR) is 121 cm³/mol. The van der Waals surface area contributed by atoms with Crippen LogP contribution in [0.15, 0.2) is 88.6 Å². The van der Waals surface area contributed by atoms with Crippen LogP contribution in [0.1, 0.15) is 27.0 Å². The Morgan fingerprint density at radius 2 is 1.80 bits per heavy atom. The second-order valence-electron chi connectivity index (χ2n) is 6.70.